The van der Waals surface area contributed by atoms with E-state index < -0.39 is 0 Å². The van der Waals surface area contributed by atoms with Crippen molar-refractivity contribution in [3.8, 4) is 11.3 Å². The van der Waals surface area contributed by atoms with Gasteiger partial charge in [0, 0.05) is 17.0 Å². The minimum absolute atomic E-state index is 0.0370. The molecule has 1 aliphatic carbocycles. The molecule has 3 rings (SSSR count). The lowest BCUT2D eigenvalue weighted by Crippen LogP contribution is -2.27. The minimum Gasteiger partial charge on any atom is -0.512 e. The summed E-state index contributed by atoms with van der Waals surface area (Å²) in [6, 6.07) is 9.05. The summed E-state index contributed by atoms with van der Waals surface area (Å²) in [4.78, 5) is 12.0. The smallest absolute Gasteiger partial charge is 0.193 e. The second-order valence-electron chi connectivity index (χ2n) is 4.46. The number of benzene rings is 2. The van der Waals surface area contributed by atoms with E-state index in [1.165, 1.54) is 13.0 Å². The maximum absolute atomic E-state index is 12.0. The summed E-state index contributed by atoms with van der Waals surface area (Å²) in [6.45, 7) is 3.37. The summed E-state index contributed by atoms with van der Waals surface area (Å²) in [7, 11) is 0. The Hall–Kier alpha value is -2.29. The van der Waals surface area contributed by atoms with Crippen molar-refractivity contribution >= 4 is 16.5 Å². The van der Waals surface area contributed by atoms with Crippen molar-refractivity contribution in [2.45, 2.75) is 13.8 Å². The van der Waals surface area contributed by atoms with E-state index in [2.05, 4.69) is 0 Å². The molecule has 90 valence electrons. The molecule has 1 aliphatic heterocycles. The van der Waals surface area contributed by atoms with Crippen molar-refractivity contribution in [3.05, 3.63) is 51.5 Å². The second kappa shape index (κ2) is 3.60. The van der Waals surface area contributed by atoms with Gasteiger partial charge in [-0.25, -0.2) is 0 Å². The number of aryl methyl sites for hydroxylation is 1. The summed E-state index contributed by atoms with van der Waals surface area (Å²) < 4.78 is 5.59. The van der Waals surface area contributed by atoms with Crippen molar-refractivity contribution in [3.63, 3.8) is 0 Å². The third-order valence-corrected chi connectivity index (χ3v) is 3.11. The Morgan fingerprint density at radius 2 is 2.06 bits per heavy atom. The van der Waals surface area contributed by atoms with Crippen LogP contribution in [0.5, 0.6) is 0 Å². The van der Waals surface area contributed by atoms with Gasteiger partial charge < -0.3 is 9.52 Å². The maximum atomic E-state index is 12.0. The van der Waals surface area contributed by atoms with Crippen molar-refractivity contribution in [1.82, 2.24) is 0 Å². The predicted octanol–water partition coefficient (Wildman–Crippen LogP) is 2.61. The average molecular weight is 240 g/mol. The quantitative estimate of drug-likeness (QED) is 0.657. The number of rotatable bonds is 0. The molecule has 1 heterocycles. The van der Waals surface area contributed by atoms with E-state index in [9.17, 15) is 9.90 Å². The summed E-state index contributed by atoms with van der Waals surface area (Å²) in [5.74, 6) is 1.36. The Morgan fingerprint density at radius 3 is 2.78 bits per heavy atom. The van der Waals surface area contributed by atoms with Crippen molar-refractivity contribution in [2.75, 3.05) is 0 Å². The predicted molar refractivity (Wildman–Crippen MR) is 70.8 cm³/mol. The van der Waals surface area contributed by atoms with Gasteiger partial charge >= 0.3 is 0 Å². The van der Waals surface area contributed by atoms with Gasteiger partial charge in [-0.3, -0.25) is 4.79 Å². The van der Waals surface area contributed by atoms with Crippen LogP contribution in [0.3, 0.4) is 0 Å². The Kier molecular flexibility index (Phi) is 2.17. The van der Waals surface area contributed by atoms with Gasteiger partial charge in [0.2, 0.25) is 0 Å². The van der Waals surface area contributed by atoms with Gasteiger partial charge in [-0.1, -0.05) is 18.2 Å². The van der Waals surface area contributed by atoms with Gasteiger partial charge in [0.05, 0.1) is 5.22 Å². The summed E-state index contributed by atoms with van der Waals surface area (Å²) in [6.07, 6.45) is 0. The van der Waals surface area contributed by atoms with Gasteiger partial charge in [-0.15, -0.1) is 0 Å². The lowest BCUT2D eigenvalue weighted by atomic mass is 9.97. The van der Waals surface area contributed by atoms with E-state index in [4.69, 9.17) is 4.42 Å². The number of aliphatic hydroxyl groups excluding tert-OH is 1. The fourth-order valence-electron chi connectivity index (χ4n) is 2.45. The molecule has 0 atom stereocenters. The molecule has 0 bridgehead atoms. The first kappa shape index (κ1) is 10.8. The molecular weight excluding hydrogens is 228 g/mol. The number of hydrogen-bond donors (Lipinski definition) is 1. The molecule has 18 heavy (non-hydrogen) atoms. The molecule has 0 amide bonds. The Bertz CT molecular complexity index is 823. The second-order valence-corrected chi connectivity index (χ2v) is 4.46. The fourth-order valence-corrected chi connectivity index (χ4v) is 2.45. The molecular formula is C15H12O3. The fraction of sp³-hybridized carbons (Fsp3) is 0.133. The van der Waals surface area contributed by atoms with Crippen LogP contribution >= 0.6 is 0 Å². The van der Waals surface area contributed by atoms with Crippen LogP contribution in [0, 0.1) is 6.92 Å². The lowest BCUT2D eigenvalue weighted by Gasteiger charge is -2.11. The van der Waals surface area contributed by atoms with Crippen molar-refractivity contribution in [2.24, 2.45) is 0 Å². The standard InChI is InChI=1S/C15H12O3/c1-8-6-10-4-3-5-11-14(9(2)16)12(17)7-13(18-8)15(10)11/h3-7,16H,1-2H3. The first-order chi connectivity index (χ1) is 8.58. The van der Waals surface area contributed by atoms with Gasteiger partial charge in [0.15, 0.2) is 5.43 Å². The normalized spacial score (nSPS) is 13.2. The first-order valence-electron chi connectivity index (χ1n) is 5.73. The maximum Gasteiger partial charge on any atom is 0.193 e. The van der Waals surface area contributed by atoms with E-state index >= 15 is 0 Å². The van der Waals surface area contributed by atoms with Crippen LogP contribution in [0.25, 0.3) is 27.9 Å². The van der Waals surface area contributed by atoms with Crippen molar-refractivity contribution < 1.29 is 9.52 Å². The summed E-state index contributed by atoms with van der Waals surface area (Å²) in [5, 5.41) is 11.8. The number of aliphatic hydroxyl groups is 1. The van der Waals surface area contributed by atoms with Crippen LogP contribution in [0.15, 0.2) is 39.5 Å². The van der Waals surface area contributed by atoms with Crippen LogP contribution in [0.1, 0.15) is 12.7 Å². The Morgan fingerprint density at radius 1 is 1.28 bits per heavy atom. The van der Waals surface area contributed by atoms with Crippen LogP contribution in [0.4, 0.5) is 0 Å². The van der Waals surface area contributed by atoms with E-state index in [0.717, 1.165) is 22.1 Å². The van der Waals surface area contributed by atoms with Crippen LogP contribution in [-0.4, -0.2) is 5.11 Å². The highest BCUT2D eigenvalue weighted by atomic mass is 16.3. The van der Waals surface area contributed by atoms with E-state index in [0.29, 0.717) is 11.0 Å². The molecule has 3 nitrogen and oxygen atoms in total. The van der Waals surface area contributed by atoms with Crippen LogP contribution < -0.4 is 10.6 Å². The SMILES string of the molecule is CC(O)=c1c(=O)cc2oc(C)cc3cccc1c3-2. The lowest BCUT2D eigenvalue weighted by molar-refractivity contribution is 0.499. The monoisotopic (exact) mass is 240 g/mol. The summed E-state index contributed by atoms with van der Waals surface area (Å²) in [5.41, 5.74) is 0.662. The van der Waals surface area contributed by atoms with Crippen LogP contribution in [-0.2, 0) is 0 Å². The van der Waals surface area contributed by atoms with Gasteiger partial charge in [0.1, 0.15) is 17.3 Å². The molecule has 0 unspecified atom stereocenters. The highest BCUT2D eigenvalue weighted by Crippen LogP contribution is 2.30. The third-order valence-electron chi connectivity index (χ3n) is 3.11. The van der Waals surface area contributed by atoms with E-state index in [1.54, 1.807) is 0 Å². The highest BCUT2D eigenvalue weighted by Gasteiger charge is 2.15. The van der Waals surface area contributed by atoms with Gasteiger partial charge in [-0.05, 0) is 25.3 Å². The summed E-state index contributed by atoms with van der Waals surface area (Å²) >= 11 is 0. The molecule has 1 aromatic carbocycles. The molecule has 0 aromatic heterocycles. The molecule has 0 spiro atoms. The zero-order chi connectivity index (χ0) is 12.9. The Labute approximate surface area is 103 Å². The average Bonchev–Trinajstić information content (AvgIpc) is 2.27. The largest absolute Gasteiger partial charge is 0.512 e. The zero-order valence-corrected chi connectivity index (χ0v) is 10.2. The Balaban J connectivity index is 2.73. The first-order valence-corrected chi connectivity index (χ1v) is 5.73. The molecule has 3 heteroatoms. The molecule has 0 saturated carbocycles. The van der Waals surface area contributed by atoms with E-state index in [1.807, 2.05) is 31.2 Å². The number of hydrogen-bond acceptors (Lipinski definition) is 3. The molecule has 2 aliphatic rings. The third kappa shape index (κ3) is 1.40. The molecule has 0 saturated heterocycles. The molecule has 0 radical (unpaired) electrons. The highest BCUT2D eigenvalue weighted by molar-refractivity contribution is 5.96. The molecule has 0 fully saturated rings. The van der Waals surface area contributed by atoms with E-state index in [-0.39, 0.29) is 11.2 Å². The zero-order valence-electron chi connectivity index (χ0n) is 10.2. The van der Waals surface area contributed by atoms with Gasteiger partial charge in [0.25, 0.3) is 0 Å². The van der Waals surface area contributed by atoms with Crippen LogP contribution in [0.2, 0.25) is 0 Å². The molecule has 1 aromatic rings. The minimum atomic E-state index is -0.218. The van der Waals surface area contributed by atoms with Gasteiger partial charge in [-0.2, -0.15) is 0 Å². The topological polar surface area (TPSA) is 50.4 Å². The van der Waals surface area contributed by atoms with Crippen molar-refractivity contribution in [1.29, 1.82) is 0 Å². The molecule has 1 N–H and O–H groups in total.